The van der Waals surface area contributed by atoms with E-state index in [1.54, 1.807) is 21.8 Å². The van der Waals surface area contributed by atoms with Crippen LogP contribution in [0.2, 0.25) is 0 Å². The fourth-order valence-corrected chi connectivity index (χ4v) is 5.36. The fraction of sp³-hybridized carbons (Fsp3) is 0.412. The van der Waals surface area contributed by atoms with E-state index in [1.807, 2.05) is 0 Å². The van der Waals surface area contributed by atoms with E-state index in [0.29, 0.717) is 23.2 Å². The lowest BCUT2D eigenvalue weighted by Gasteiger charge is -2.35. The summed E-state index contributed by atoms with van der Waals surface area (Å²) in [6.07, 6.45) is 0. The lowest BCUT2D eigenvalue weighted by Crippen LogP contribution is -2.48. The van der Waals surface area contributed by atoms with Gasteiger partial charge in [-0.3, -0.25) is 0 Å². The monoisotopic (exact) mass is 350 g/mol. The summed E-state index contributed by atoms with van der Waals surface area (Å²) in [6.45, 7) is 6.89. The average Bonchev–Trinajstić information content (AvgIpc) is 3.10. The molecule has 2 heterocycles. The number of hydrogen-bond acceptors (Lipinski definition) is 4. The van der Waals surface area contributed by atoms with Crippen molar-refractivity contribution in [3.63, 3.8) is 0 Å². The Labute approximate surface area is 142 Å². The van der Waals surface area contributed by atoms with Gasteiger partial charge in [-0.15, -0.1) is 11.3 Å². The summed E-state index contributed by atoms with van der Waals surface area (Å²) in [5.74, 6) is 0.525. The molecule has 6 heteroatoms. The molecule has 0 unspecified atom stereocenters. The number of piperazine rings is 1. The Hall–Kier alpha value is -1.37. The number of benzene rings is 1. The molecule has 0 aliphatic carbocycles. The van der Waals surface area contributed by atoms with E-state index in [4.69, 9.17) is 0 Å². The summed E-state index contributed by atoms with van der Waals surface area (Å²) < 4.78 is 27.1. The van der Waals surface area contributed by atoms with Crippen LogP contribution in [0.15, 0.2) is 46.0 Å². The van der Waals surface area contributed by atoms with Gasteiger partial charge >= 0.3 is 0 Å². The number of sulfonamides is 1. The first-order valence-electron chi connectivity index (χ1n) is 7.87. The molecular formula is C17H22N2O2S2. The predicted octanol–water partition coefficient (Wildman–Crippen LogP) is 3.38. The molecule has 23 heavy (non-hydrogen) atoms. The molecule has 0 spiro atoms. The molecule has 3 rings (SSSR count). The second kappa shape index (κ2) is 6.63. The van der Waals surface area contributed by atoms with Gasteiger partial charge in [0.15, 0.2) is 0 Å². The van der Waals surface area contributed by atoms with Crippen molar-refractivity contribution < 1.29 is 8.42 Å². The molecule has 4 nitrogen and oxygen atoms in total. The standard InChI is InChI=1S/C17H22N2O2S2/c1-14(2)15-5-7-16(8-6-15)18-9-11-19(12-10-18)23(20,21)17-4-3-13-22-17/h3-8,13-14H,9-12H2,1-2H3. The molecule has 0 saturated carbocycles. The van der Waals surface area contributed by atoms with Crippen LogP contribution in [0.3, 0.4) is 0 Å². The predicted molar refractivity (Wildman–Crippen MR) is 95.8 cm³/mol. The molecular weight excluding hydrogens is 328 g/mol. The third kappa shape index (κ3) is 3.44. The van der Waals surface area contributed by atoms with Crippen LogP contribution in [0.1, 0.15) is 25.3 Å². The zero-order valence-corrected chi connectivity index (χ0v) is 15.1. The molecule has 1 saturated heterocycles. The number of hydrogen-bond donors (Lipinski definition) is 0. The van der Waals surface area contributed by atoms with Gasteiger partial charge in [0.05, 0.1) is 0 Å². The van der Waals surface area contributed by atoms with Gasteiger partial charge in [-0.05, 0) is 35.1 Å². The molecule has 1 aliphatic rings. The van der Waals surface area contributed by atoms with E-state index in [1.165, 1.54) is 22.6 Å². The molecule has 0 atom stereocenters. The Bertz CT molecular complexity index is 729. The summed E-state index contributed by atoms with van der Waals surface area (Å²) >= 11 is 1.28. The highest BCUT2D eigenvalue weighted by molar-refractivity contribution is 7.91. The van der Waals surface area contributed by atoms with Gasteiger partial charge in [-0.1, -0.05) is 32.0 Å². The van der Waals surface area contributed by atoms with Crippen LogP contribution in [0, 0.1) is 0 Å². The SMILES string of the molecule is CC(C)c1ccc(N2CCN(S(=O)(=O)c3cccs3)CC2)cc1. The molecule has 0 amide bonds. The summed E-state index contributed by atoms with van der Waals surface area (Å²) in [6, 6.07) is 12.1. The highest BCUT2D eigenvalue weighted by Crippen LogP contribution is 2.25. The third-order valence-electron chi connectivity index (χ3n) is 4.25. The quantitative estimate of drug-likeness (QED) is 0.849. The average molecular weight is 351 g/mol. The third-order valence-corrected chi connectivity index (χ3v) is 7.52. The first-order valence-corrected chi connectivity index (χ1v) is 10.2. The highest BCUT2D eigenvalue weighted by Gasteiger charge is 2.29. The Kier molecular flexibility index (Phi) is 4.75. The first-order chi connectivity index (χ1) is 11.0. The molecule has 1 aromatic carbocycles. The van der Waals surface area contributed by atoms with E-state index in [-0.39, 0.29) is 0 Å². The maximum atomic E-state index is 12.5. The molecule has 124 valence electrons. The maximum absolute atomic E-state index is 12.5. The van der Waals surface area contributed by atoms with Crippen molar-refractivity contribution in [3.8, 4) is 0 Å². The van der Waals surface area contributed by atoms with Crippen LogP contribution in [-0.4, -0.2) is 38.9 Å². The number of nitrogens with zero attached hydrogens (tertiary/aromatic N) is 2. The number of thiophene rings is 1. The Morgan fingerprint density at radius 3 is 2.17 bits per heavy atom. The largest absolute Gasteiger partial charge is 0.369 e. The minimum Gasteiger partial charge on any atom is -0.369 e. The lowest BCUT2D eigenvalue weighted by molar-refractivity contribution is 0.386. The molecule has 1 fully saturated rings. The summed E-state index contributed by atoms with van der Waals surface area (Å²) in [7, 11) is -3.32. The van der Waals surface area contributed by atoms with Gasteiger partial charge in [0, 0.05) is 31.9 Å². The molecule has 1 aromatic heterocycles. The van der Waals surface area contributed by atoms with Crippen LogP contribution in [-0.2, 0) is 10.0 Å². The molecule has 0 radical (unpaired) electrons. The van der Waals surface area contributed by atoms with E-state index >= 15 is 0 Å². The summed E-state index contributed by atoms with van der Waals surface area (Å²) in [4.78, 5) is 2.25. The smallest absolute Gasteiger partial charge is 0.252 e. The van der Waals surface area contributed by atoms with E-state index in [9.17, 15) is 8.42 Å². The summed E-state index contributed by atoms with van der Waals surface area (Å²) in [5.41, 5.74) is 2.50. The summed E-state index contributed by atoms with van der Waals surface area (Å²) in [5, 5.41) is 1.80. The second-order valence-electron chi connectivity index (χ2n) is 6.07. The topological polar surface area (TPSA) is 40.6 Å². The van der Waals surface area contributed by atoms with Gasteiger partial charge in [-0.2, -0.15) is 4.31 Å². The van der Waals surface area contributed by atoms with Crippen molar-refractivity contribution in [2.75, 3.05) is 31.1 Å². The van der Waals surface area contributed by atoms with Gasteiger partial charge in [0.2, 0.25) is 0 Å². The molecule has 2 aromatic rings. The minimum absolute atomic E-state index is 0.437. The van der Waals surface area contributed by atoms with Gasteiger partial charge in [-0.25, -0.2) is 8.42 Å². The van der Waals surface area contributed by atoms with Crippen molar-refractivity contribution in [3.05, 3.63) is 47.3 Å². The maximum Gasteiger partial charge on any atom is 0.252 e. The molecule has 1 aliphatic heterocycles. The molecule has 0 bridgehead atoms. The molecule has 0 N–H and O–H groups in total. The van der Waals surface area contributed by atoms with Crippen molar-refractivity contribution >= 4 is 27.0 Å². The van der Waals surface area contributed by atoms with Crippen LogP contribution >= 0.6 is 11.3 Å². The zero-order chi connectivity index (χ0) is 16.4. The van der Waals surface area contributed by atoms with E-state index in [2.05, 4.69) is 43.0 Å². The lowest BCUT2D eigenvalue weighted by atomic mass is 10.0. The number of anilines is 1. The van der Waals surface area contributed by atoms with Crippen molar-refractivity contribution in [2.45, 2.75) is 24.0 Å². The van der Waals surface area contributed by atoms with E-state index in [0.717, 1.165) is 13.1 Å². The van der Waals surface area contributed by atoms with Crippen LogP contribution in [0.4, 0.5) is 5.69 Å². The second-order valence-corrected chi connectivity index (χ2v) is 9.18. The fourth-order valence-electron chi connectivity index (χ4n) is 2.79. The normalized spacial score (nSPS) is 16.9. The van der Waals surface area contributed by atoms with Crippen LogP contribution in [0.25, 0.3) is 0 Å². The van der Waals surface area contributed by atoms with Crippen molar-refractivity contribution in [1.82, 2.24) is 4.31 Å². The zero-order valence-electron chi connectivity index (χ0n) is 13.5. The van der Waals surface area contributed by atoms with Crippen molar-refractivity contribution in [1.29, 1.82) is 0 Å². The minimum atomic E-state index is -3.32. The Balaban J connectivity index is 1.66. The van der Waals surface area contributed by atoms with Crippen molar-refractivity contribution in [2.24, 2.45) is 0 Å². The van der Waals surface area contributed by atoms with Gasteiger partial charge < -0.3 is 4.90 Å². The van der Waals surface area contributed by atoms with Gasteiger partial charge in [0.25, 0.3) is 10.0 Å². The van der Waals surface area contributed by atoms with Crippen LogP contribution in [0.5, 0.6) is 0 Å². The number of rotatable bonds is 4. The van der Waals surface area contributed by atoms with E-state index < -0.39 is 10.0 Å². The first kappa shape index (κ1) is 16.5. The van der Waals surface area contributed by atoms with Crippen LogP contribution < -0.4 is 4.90 Å². The Morgan fingerprint density at radius 1 is 1.00 bits per heavy atom. The highest BCUT2D eigenvalue weighted by atomic mass is 32.2. The Morgan fingerprint density at radius 2 is 1.65 bits per heavy atom. The van der Waals surface area contributed by atoms with Gasteiger partial charge in [0.1, 0.15) is 4.21 Å².